The Kier molecular flexibility index (Phi) is 4.92. The quantitative estimate of drug-likeness (QED) is 0.788. The van der Waals surface area contributed by atoms with Gasteiger partial charge in [0.05, 0.1) is 31.7 Å². The molecule has 0 aliphatic carbocycles. The van der Waals surface area contributed by atoms with Gasteiger partial charge in [0.1, 0.15) is 22.5 Å². The minimum Gasteiger partial charge on any atom is -0.495 e. The molecule has 0 bridgehead atoms. The molecule has 0 aliphatic heterocycles. The Morgan fingerprint density at radius 2 is 2.14 bits per heavy atom. The van der Waals surface area contributed by atoms with Crippen LogP contribution < -0.4 is 15.2 Å². The van der Waals surface area contributed by atoms with Crippen molar-refractivity contribution in [2.45, 2.75) is 13.1 Å². The summed E-state index contributed by atoms with van der Waals surface area (Å²) in [6, 6.07) is 3.36. The van der Waals surface area contributed by atoms with Crippen LogP contribution in [-0.2, 0) is 13.1 Å². The number of ether oxygens (including phenoxy) is 2. The highest BCUT2D eigenvalue weighted by Gasteiger charge is 2.19. The zero-order valence-corrected chi connectivity index (χ0v) is 13.3. The van der Waals surface area contributed by atoms with E-state index < -0.39 is 0 Å². The molecule has 2 N–H and O–H groups in total. The summed E-state index contributed by atoms with van der Waals surface area (Å²) in [5.41, 5.74) is 6.53. The molecule has 21 heavy (non-hydrogen) atoms. The van der Waals surface area contributed by atoms with Crippen molar-refractivity contribution in [1.82, 2.24) is 15.0 Å². The van der Waals surface area contributed by atoms with E-state index in [1.54, 1.807) is 25.4 Å². The number of rotatable bonds is 6. The molecular formula is C13H15BrN4O3. The third kappa shape index (κ3) is 3.22. The summed E-state index contributed by atoms with van der Waals surface area (Å²) >= 11 is 3.37. The van der Waals surface area contributed by atoms with Crippen molar-refractivity contribution in [2.24, 2.45) is 5.73 Å². The molecule has 0 aliphatic rings. The molecule has 1 aromatic carbocycles. The van der Waals surface area contributed by atoms with E-state index in [4.69, 9.17) is 15.2 Å². The standard InChI is InChI=1S/C13H15BrN4O3/c1-20-11-4-3-9(13(21-2)12(11)14)10(19)7-18-6-8(5-15)16-17-18/h3-4,6H,5,7,15H2,1-2H3. The molecule has 2 aromatic rings. The van der Waals surface area contributed by atoms with Crippen LogP contribution in [0.5, 0.6) is 11.5 Å². The number of hydrogen-bond acceptors (Lipinski definition) is 6. The predicted molar refractivity (Wildman–Crippen MR) is 79.5 cm³/mol. The lowest BCUT2D eigenvalue weighted by atomic mass is 10.1. The lowest BCUT2D eigenvalue weighted by molar-refractivity contribution is 0.0963. The predicted octanol–water partition coefficient (Wildman–Crippen LogP) is 1.40. The van der Waals surface area contributed by atoms with Gasteiger partial charge in [-0.15, -0.1) is 5.10 Å². The van der Waals surface area contributed by atoms with Crippen LogP contribution >= 0.6 is 15.9 Å². The third-order valence-corrected chi connectivity index (χ3v) is 3.64. The van der Waals surface area contributed by atoms with Crippen molar-refractivity contribution in [1.29, 1.82) is 0 Å². The van der Waals surface area contributed by atoms with E-state index in [-0.39, 0.29) is 18.9 Å². The van der Waals surface area contributed by atoms with E-state index in [1.807, 2.05) is 0 Å². The minimum absolute atomic E-state index is 0.0577. The maximum Gasteiger partial charge on any atom is 0.188 e. The van der Waals surface area contributed by atoms with Crippen LogP contribution in [0.4, 0.5) is 0 Å². The van der Waals surface area contributed by atoms with E-state index in [0.717, 1.165) is 0 Å². The number of methoxy groups -OCH3 is 2. The molecule has 0 amide bonds. The Morgan fingerprint density at radius 1 is 1.38 bits per heavy atom. The summed E-state index contributed by atoms with van der Waals surface area (Å²) < 4.78 is 12.5. The maximum absolute atomic E-state index is 12.4. The van der Waals surface area contributed by atoms with Gasteiger partial charge >= 0.3 is 0 Å². The molecule has 7 nitrogen and oxygen atoms in total. The fraction of sp³-hybridized carbons (Fsp3) is 0.308. The van der Waals surface area contributed by atoms with Gasteiger partial charge in [0, 0.05) is 6.54 Å². The minimum atomic E-state index is -0.149. The largest absolute Gasteiger partial charge is 0.495 e. The number of hydrogen-bond donors (Lipinski definition) is 1. The first-order chi connectivity index (χ1) is 10.1. The van der Waals surface area contributed by atoms with E-state index in [0.29, 0.717) is 27.2 Å². The second-order valence-corrected chi connectivity index (χ2v) is 4.99. The van der Waals surface area contributed by atoms with Crippen LogP contribution in [0.2, 0.25) is 0 Å². The highest BCUT2D eigenvalue weighted by atomic mass is 79.9. The zero-order valence-electron chi connectivity index (χ0n) is 11.7. The topological polar surface area (TPSA) is 92.3 Å². The van der Waals surface area contributed by atoms with Crippen molar-refractivity contribution in [3.05, 3.63) is 34.1 Å². The summed E-state index contributed by atoms with van der Waals surface area (Å²) in [5, 5.41) is 7.70. The number of ketones is 1. The third-order valence-electron chi connectivity index (χ3n) is 2.89. The molecule has 1 aromatic heterocycles. The molecule has 2 rings (SSSR count). The molecule has 112 valence electrons. The monoisotopic (exact) mass is 354 g/mol. The first-order valence-corrected chi connectivity index (χ1v) is 6.92. The Morgan fingerprint density at radius 3 is 2.71 bits per heavy atom. The number of carbonyl (C=O) groups excluding carboxylic acids is 1. The average molecular weight is 355 g/mol. The van der Waals surface area contributed by atoms with Crippen LogP contribution in [0, 0.1) is 0 Å². The fourth-order valence-corrected chi connectivity index (χ4v) is 2.53. The fourth-order valence-electron chi connectivity index (χ4n) is 1.86. The van der Waals surface area contributed by atoms with Gasteiger partial charge in [0.2, 0.25) is 0 Å². The van der Waals surface area contributed by atoms with Crippen LogP contribution in [0.3, 0.4) is 0 Å². The van der Waals surface area contributed by atoms with Gasteiger partial charge in [-0.3, -0.25) is 4.79 Å². The number of benzene rings is 1. The Balaban J connectivity index is 2.28. The number of carbonyl (C=O) groups is 1. The molecule has 0 saturated carbocycles. The van der Waals surface area contributed by atoms with Gasteiger partial charge in [-0.25, -0.2) is 4.68 Å². The lowest BCUT2D eigenvalue weighted by Gasteiger charge is -2.12. The van der Waals surface area contributed by atoms with Crippen molar-refractivity contribution >= 4 is 21.7 Å². The van der Waals surface area contributed by atoms with Gasteiger partial charge in [-0.2, -0.15) is 0 Å². The average Bonchev–Trinajstić information content (AvgIpc) is 2.94. The number of aromatic nitrogens is 3. The molecule has 8 heteroatoms. The van der Waals surface area contributed by atoms with Gasteiger partial charge in [-0.05, 0) is 28.1 Å². The number of nitrogens with zero attached hydrogens (tertiary/aromatic N) is 3. The normalized spacial score (nSPS) is 10.5. The summed E-state index contributed by atoms with van der Waals surface area (Å²) in [4.78, 5) is 12.4. The number of Topliss-reactive ketones (excluding diaryl/α,β-unsaturated/α-hetero) is 1. The van der Waals surface area contributed by atoms with Crippen LogP contribution in [0.25, 0.3) is 0 Å². The highest BCUT2D eigenvalue weighted by Crippen LogP contribution is 2.37. The Bertz CT molecular complexity index is 657. The van der Waals surface area contributed by atoms with Crippen molar-refractivity contribution in [3.8, 4) is 11.5 Å². The molecule has 1 heterocycles. The van der Waals surface area contributed by atoms with Gasteiger partial charge in [-0.1, -0.05) is 5.21 Å². The van der Waals surface area contributed by atoms with E-state index in [2.05, 4.69) is 26.2 Å². The molecule has 0 radical (unpaired) electrons. The molecule has 0 atom stereocenters. The molecule has 0 spiro atoms. The van der Waals surface area contributed by atoms with E-state index in [1.165, 1.54) is 11.8 Å². The summed E-state index contributed by atoms with van der Waals surface area (Å²) in [5.74, 6) is 0.872. The van der Waals surface area contributed by atoms with Crippen molar-refractivity contribution in [3.63, 3.8) is 0 Å². The van der Waals surface area contributed by atoms with Crippen LogP contribution in [0.15, 0.2) is 22.8 Å². The van der Waals surface area contributed by atoms with Gasteiger partial charge < -0.3 is 15.2 Å². The number of halogens is 1. The first-order valence-electron chi connectivity index (χ1n) is 6.13. The maximum atomic E-state index is 12.4. The SMILES string of the molecule is COc1ccc(C(=O)Cn2cc(CN)nn2)c(OC)c1Br. The first kappa shape index (κ1) is 15.5. The van der Waals surface area contributed by atoms with Gasteiger partial charge in [0.15, 0.2) is 5.78 Å². The lowest BCUT2D eigenvalue weighted by Crippen LogP contribution is -2.12. The van der Waals surface area contributed by atoms with Gasteiger partial charge in [0.25, 0.3) is 0 Å². The summed E-state index contributed by atoms with van der Waals surface area (Å²) in [6.45, 7) is 0.341. The highest BCUT2D eigenvalue weighted by molar-refractivity contribution is 9.10. The Hall–Kier alpha value is -1.93. The van der Waals surface area contributed by atoms with Crippen LogP contribution in [-0.4, -0.2) is 35.0 Å². The van der Waals surface area contributed by atoms with E-state index in [9.17, 15) is 4.79 Å². The molecule has 0 unspecified atom stereocenters. The van der Waals surface area contributed by atoms with E-state index >= 15 is 0 Å². The Labute approximate surface area is 130 Å². The summed E-state index contributed by atoms with van der Waals surface area (Å²) in [6.07, 6.45) is 1.64. The molecule has 0 saturated heterocycles. The molecule has 0 fully saturated rings. The van der Waals surface area contributed by atoms with Crippen LogP contribution in [0.1, 0.15) is 16.1 Å². The molecular weight excluding hydrogens is 340 g/mol. The number of nitrogens with two attached hydrogens (primary N) is 1. The smallest absolute Gasteiger partial charge is 0.188 e. The second kappa shape index (κ2) is 6.68. The van der Waals surface area contributed by atoms with Crippen molar-refractivity contribution < 1.29 is 14.3 Å². The van der Waals surface area contributed by atoms with Crippen molar-refractivity contribution in [2.75, 3.05) is 14.2 Å². The second-order valence-electron chi connectivity index (χ2n) is 4.20. The summed E-state index contributed by atoms with van der Waals surface area (Å²) in [7, 11) is 3.04. The zero-order chi connectivity index (χ0) is 15.4.